The second-order valence-corrected chi connectivity index (χ2v) is 29.4. The van der Waals surface area contributed by atoms with Gasteiger partial charge in [0, 0.05) is 54.2 Å². The molecular formula is C80H107N17O28. The Labute approximate surface area is 714 Å². The Kier molecular flexibility index (Phi) is 41.3. The minimum Gasteiger partial charge on any atom is -0.496 e. The molecule has 1 aliphatic rings. The van der Waals surface area contributed by atoms with Crippen LogP contribution < -0.4 is 90.6 Å². The Balaban J connectivity index is 1.64. The predicted molar refractivity (Wildman–Crippen MR) is 437 cm³/mol. The maximum Gasteiger partial charge on any atom is 0.329 e. The van der Waals surface area contributed by atoms with E-state index >= 15 is 0 Å². The molecule has 1 aliphatic heterocycles. The van der Waals surface area contributed by atoms with Gasteiger partial charge in [0.15, 0.2) is 5.78 Å². The molecule has 24 N–H and O–H groups in total. The number of anilines is 1. The van der Waals surface area contributed by atoms with E-state index in [9.17, 15) is 126 Å². The van der Waals surface area contributed by atoms with Crippen molar-refractivity contribution in [2.45, 2.75) is 209 Å². The number of nitrogens with two attached hydrogens (primary N) is 2. The van der Waals surface area contributed by atoms with E-state index in [-0.39, 0.29) is 48.4 Å². The molecule has 4 aromatic rings. The number of ketones is 1. The number of esters is 1. The molecule has 680 valence electrons. The molecule has 45 nitrogen and oxygen atoms in total. The summed E-state index contributed by atoms with van der Waals surface area (Å²) in [6.45, 7) is 0.842. The summed E-state index contributed by atoms with van der Waals surface area (Å²) in [6, 6.07) is -5.15. The first kappa shape index (κ1) is 101. The van der Waals surface area contributed by atoms with E-state index in [1.54, 1.807) is 36.5 Å². The van der Waals surface area contributed by atoms with Crippen molar-refractivity contribution in [3.8, 4) is 5.75 Å². The van der Waals surface area contributed by atoms with Gasteiger partial charge in [-0.05, 0) is 74.9 Å². The molecule has 0 radical (unpaired) electrons. The van der Waals surface area contributed by atoms with Crippen LogP contribution in [0.1, 0.15) is 157 Å². The Bertz CT molecular complexity index is 4600. The van der Waals surface area contributed by atoms with Gasteiger partial charge in [-0.2, -0.15) is 0 Å². The Morgan fingerprint density at radius 3 is 1.70 bits per heavy atom. The molecule has 0 spiro atoms. The van der Waals surface area contributed by atoms with Crippen molar-refractivity contribution in [3.63, 3.8) is 0 Å². The van der Waals surface area contributed by atoms with Crippen molar-refractivity contribution in [1.29, 1.82) is 0 Å². The van der Waals surface area contributed by atoms with Crippen molar-refractivity contribution in [1.82, 2.24) is 79.4 Å². The number of carboxylic acid groups (broad SMARTS) is 4. The van der Waals surface area contributed by atoms with Gasteiger partial charge in [0.1, 0.15) is 78.3 Å². The third kappa shape index (κ3) is 34.0. The van der Waals surface area contributed by atoms with Crippen LogP contribution in [0.25, 0.3) is 10.9 Å². The molecular weight excluding hydrogens is 1650 g/mol. The van der Waals surface area contributed by atoms with E-state index in [0.29, 0.717) is 29.3 Å². The number of unbranched alkanes of at least 4 members (excludes halogenated alkanes) is 6. The zero-order valence-electron chi connectivity index (χ0n) is 69.1. The van der Waals surface area contributed by atoms with E-state index in [0.717, 1.165) is 52.9 Å². The number of nitrogens with one attached hydrogen (secondary N) is 15. The number of aromatic nitrogens is 1. The van der Waals surface area contributed by atoms with Gasteiger partial charge in [-0.15, -0.1) is 0 Å². The first-order chi connectivity index (χ1) is 59.2. The second-order valence-electron chi connectivity index (χ2n) is 29.4. The zero-order chi connectivity index (χ0) is 92.7. The summed E-state index contributed by atoms with van der Waals surface area (Å²) in [5.41, 5.74) is 12.4. The molecule has 13 atom stereocenters. The van der Waals surface area contributed by atoms with Gasteiger partial charge in [0.05, 0.1) is 64.5 Å². The van der Waals surface area contributed by atoms with Gasteiger partial charge in [0.25, 0.3) is 5.91 Å². The molecule has 0 bridgehead atoms. The fraction of sp³-hybridized carbons (Fsp3) is 0.487. The molecule has 125 heavy (non-hydrogen) atoms. The highest BCUT2D eigenvalue weighted by molar-refractivity contribution is 6.05. The van der Waals surface area contributed by atoms with Crippen molar-refractivity contribution in [2.75, 3.05) is 39.1 Å². The lowest BCUT2D eigenvalue weighted by Crippen LogP contribution is -2.62. The molecule has 2 heterocycles. The quantitative estimate of drug-likeness (QED) is 0.00877. The lowest BCUT2D eigenvalue weighted by molar-refractivity contribution is -0.156. The third-order valence-electron chi connectivity index (χ3n) is 19.5. The van der Waals surface area contributed by atoms with Gasteiger partial charge in [-0.3, -0.25) is 95.9 Å². The number of ether oxygens (including phenoxy) is 2. The molecule has 45 heteroatoms. The molecule has 1 fully saturated rings. The summed E-state index contributed by atoms with van der Waals surface area (Å²) < 4.78 is 11.0. The first-order valence-corrected chi connectivity index (χ1v) is 39.9. The van der Waals surface area contributed by atoms with Gasteiger partial charge in [-0.1, -0.05) is 94.8 Å². The summed E-state index contributed by atoms with van der Waals surface area (Å²) >= 11 is 0. The van der Waals surface area contributed by atoms with E-state index in [4.69, 9.17) is 20.9 Å². The Hall–Kier alpha value is -14.2. The number of primary amides is 1. The highest BCUT2D eigenvalue weighted by Crippen LogP contribution is 2.23. The van der Waals surface area contributed by atoms with Crippen LogP contribution in [0, 0.1) is 5.92 Å². The maximum atomic E-state index is 15.0. The second kappa shape index (κ2) is 50.9. The fourth-order valence-corrected chi connectivity index (χ4v) is 12.8. The number of methoxy groups -OCH3 is 1. The highest BCUT2D eigenvalue weighted by atomic mass is 16.5. The molecule has 0 unspecified atom stereocenters. The van der Waals surface area contributed by atoms with Gasteiger partial charge in [0.2, 0.25) is 82.7 Å². The number of hydrogen-bond donors (Lipinski definition) is 22. The monoisotopic (exact) mass is 1750 g/mol. The number of aromatic amines is 1. The van der Waals surface area contributed by atoms with Crippen molar-refractivity contribution >= 4 is 141 Å². The van der Waals surface area contributed by atoms with E-state index in [2.05, 4.69) is 70.4 Å². The number of fused-ring (bicyclic) bond motifs is 1. The minimum absolute atomic E-state index is 0.0315. The smallest absolute Gasteiger partial charge is 0.329 e. The molecule has 1 saturated heterocycles. The third-order valence-corrected chi connectivity index (χ3v) is 19.5. The van der Waals surface area contributed by atoms with Crippen LogP contribution in [0.2, 0.25) is 0 Å². The fourth-order valence-electron chi connectivity index (χ4n) is 12.8. The van der Waals surface area contributed by atoms with Gasteiger partial charge in [-0.25, -0.2) is 4.79 Å². The van der Waals surface area contributed by atoms with Crippen molar-refractivity contribution in [2.24, 2.45) is 11.7 Å². The first-order valence-electron chi connectivity index (χ1n) is 39.9. The number of aliphatic hydroxyl groups is 1. The number of carbonyl (C=O) groups excluding carboxylic acids is 17. The average Bonchev–Trinajstić information content (AvgIpc) is 1.64. The predicted octanol–water partition coefficient (Wildman–Crippen LogP) is -4.14. The van der Waals surface area contributed by atoms with Crippen LogP contribution in [0.5, 0.6) is 5.75 Å². The number of para-hydroxylation sites is 3. The number of H-pyrrole nitrogens is 1. The van der Waals surface area contributed by atoms with Gasteiger partial charge >= 0.3 is 29.8 Å². The number of nitrogen functional groups attached to an aromatic ring is 1. The normalized spacial score (nSPS) is 20.3. The molecule has 0 aliphatic carbocycles. The number of aliphatic hydroxyl groups excluding tert-OH is 1. The van der Waals surface area contributed by atoms with E-state index in [1.165, 1.54) is 49.6 Å². The summed E-state index contributed by atoms with van der Waals surface area (Å²) in [6.07, 6.45) is -2.96. The zero-order valence-corrected chi connectivity index (χ0v) is 69.1. The standard InChI is InChI=1S/C80H107N17O28/c1-6-7-8-9-10-11-12-27-60(101)89-50(30-43-36-84-48-24-17-14-20-44(43)48)74(117)92-51(32-59(82)100)75(118)94-54(35-66(110)111)76(119)97-68-42(4)125-80(123)55(31-57(99)45-21-13-16-23-47(45)81)95-79(122)67(40(2)29-63(104)105)96-77(120)56(39-98)90-62(103)37-85-71(114)52(33-64(106)107)91-69(112)41(3)87-73(116)53(34-65(108)109)93-72(115)49(88-61(102)38-86-78(68)121)25-19-28-83-70(113)46-22-15-18-26-58(46)124-5/h13-18,20-24,26,36,40-42,49-56,67-68,84,98H,6-12,19,25,27-35,37-39,81H2,1-5H3,(H2,82,100)(H,83,113)(H,85,114)(H,86,121)(H,87,116)(H,88,102)(H,89,101)(H,90,103)(H,91,112)(H,92,117)(H,93,115)(H,94,118)(H,95,122)(H,96,120)(H,97,119)(H,104,105)(H,106,107)(H,108,109)(H,110,111)/t40-,41-,42-,49+,50+,51+,52+,53+,54+,55+,56-,67+,68+/m1/s1. The van der Waals surface area contributed by atoms with E-state index < -0.39 is 267 Å². The minimum atomic E-state index is -2.50. The largest absolute Gasteiger partial charge is 0.496 e. The van der Waals surface area contributed by atoms with Crippen molar-refractivity contribution < 1.29 is 136 Å². The van der Waals surface area contributed by atoms with E-state index in [1.807, 2.05) is 16.0 Å². The number of cyclic esters (lactones) is 1. The number of carbonyl (C=O) groups is 21. The average molecular weight is 1750 g/mol. The number of carboxylic acids is 4. The topological polar surface area (TPSA) is 714 Å². The summed E-state index contributed by atoms with van der Waals surface area (Å²) in [7, 11) is 1.29. The lowest BCUT2D eigenvalue weighted by Gasteiger charge is -2.30. The summed E-state index contributed by atoms with van der Waals surface area (Å²) in [5, 5.41) is 81.8. The molecule has 3 aromatic carbocycles. The maximum absolute atomic E-state index is 15.0. The number of rotatable bonds is 38. The van der Waals surface area contributed by atoms with Gasteiger partial charge < -0.3 is 126 Å². The van der Waals surface area contributed by atoms with Crippen LogP contribution in [0.3, 0.4) is 0 Å². The molecule has 15 amide bonds. The Morgan fingerprint density at radius 1 is 0.544 bits per heavy atom. The number of benzene rings is 3. The molecule has 0 saturated carbocycles. The lowest BCUT2D eigenvalue weighted by atomic mass is 9.96. The van der Waals surface area contributed by atoms with Crippen LogP contribution in [-0.4, -0.2) is 261 Å². The summed E-state index contributed by atoms with van der Waals surface area (Å²) in [4.78, 5) is 293. The molecule has 5 rings (SSSR count). The SMILES string of the molecule is CCCCCCCCCC(=O)N[C@@H](Cc1c[nH]c2ccccc12)C(=O)N[C@@H](CC(N)=O)C(=O)N[C@@H](CC(=O)O)C(=O)N[C@@H]1C(=O)NCC(=O)N[C@@H](CCCNC(=O)c2ccccc2OC)C(=O)N[C@@H](CC(=O)O)C(=O)N[C@H](C)C(=O)N[C@@H](CC(=O)O)C(=O)NCC(=O)N[C@H](CO)C(=O)N[C@@H]([C@H](C)CC(=O)O)C(=O)N[C@@H](CC(=O)c2ccccc2N)C(=O)O[C@@H]1C. The van der Waals surface area contributed by atoms with Crippen LogP contribution in [0.4, 0.5) is 5.69 Å². The van der Waals surface area contributed by atoms with Crippen LogP contribution >= 0.6 is 0 Å². The number of aliphatic carboxylic acids is 4. The number of Topliss-reactive ketones (excluding diaryl/α,β-unsaturated/α-hetero) is 1. The summed E-state index contributed by atoms with van der Waals surface area (Å²) in [5.74, 6) is -30.9. The highest BCUT2D eigenvalue weighted by Gasteiger charge is 2.41. The number of hydrogen-bond acceptors (Lipinski definition) is 25. The molecule has 1 aromatic heterocycles. The van der Waals surface area contributed by atoms with Crippen molar-refractivity contribution in [3.05, 3.63) is 95.7 Å². The Morgan fingerprint density at radius 2 is 1.09 bits per heavy atom. The van der Waals surface area contributed by atoms with Crippen LogP contribution in [0.15, 0.2) is 79.0 Å². The van der Waals surface area contributed by atoms with Crippen LogP contribution in [-0.2, 0) is 102 Å². The number of amides is 15.